The van der Waals surface area contributed by atoms with Crippen molar-refractivity contribution < 1.29 is 14.2 Å². The summed E-state index contributed by atoms with van der Waals surface area (Å²) in [5, 5.41) is 3.10. The lowest BCUT2D eigenvalue weighted by molar-refractivity contribution is 0.150. The summed E-state index contributed by atoms with van der Waals surface area (Å²) in [7, 11) is 3.76. The third-order valence-corrected chi connectivity index (χ3v) is 4.25. The third-order valence-electron chi connectivity index (χ3n) is 4.25. The highest BCUT2D eigenvalue weighted by Crippen LogP contribution is 2.17. The molecule has 3 N–H and O–H groups in total. The number of aliphatic imine (C=N–C) groups is 1. The van der Waals surface area contributed by atoms with Gasteiger partial charge in [0.05, 0.1) is 19.3 Å². The van der Waals surface area contributed by atoms with E-state index in [4.69, 9.17) is 19.9 Å². The molecule has 172 valence electrons. The van der Waals surface area contributed by atoms with Crippen LogP contribution in [-0.4, -0.2) is 57.4 Å². The van der Waals surface area contributed by atoms with Gasteiger partial charge in [0.15, 0.2) is 5.96 Å². The van der Waals surface area contributed by atoms with Crippen molar-refractivity contribution in [2.45, 2.75) is 26.5 Å². The van der Waals surface area contributed by atoms with Crippen LogP contribution in [0, 0.1) is 0 Å². The van der Waals surface area contributed by atoms with Crippen LogP contribution in [0.1, 0.15) is 19.4 Å². The van der Waals surface area contributed by atoms with Crippen molar-refractivity contribution in [1.82, 2.24) is 4.90 Å². The van der Waals surface area contributed by atoms with E-state index in [1.165, 1.54) is 0 Å². The van der Waals surface area contributed by atoms with Crippen LogP contribution < -0.4 is 20.5 Å². The van der Waals surface area contributed by atoms with Gasteiger partial charge in [-0.15, -0.1) is 24.0 Å². The van der Waals surface area contributed by atoms with Crippen molar-refractivity contribution in [1.29, 1.82) is 0 Å². The van der Waals surface area contributed by atoms with E-state index in [-0.39, 0.29) is 30.1 Å². The number of benzene rings is 2. The second kappa shape index (κ2) is 14.9. The van der Waals surface area contributed by atoms with Gasteiger partial charge in [-0.1, -0.05) is 12.1 Å². The molecular formula is C23H35IN4O3. The van der Waals surface area contributed by atoms with E-state index in [2.05, 4.69) is 15.2 Å². The van der Waals surface area contributed by atoms with Gasteiger partial charge in [0.25, 0.3) is 0 Å². The summed E-state index contributed by atoms with van der Waals surface area (Å²) in [6.45, 7) is 7.52. The lowest BCUT2D eigenvalue weighted by Crippen LogP contribution is -2.27. The highest BCUT2D eigenvalue weighted by Gasteiger charge is 2.02. The summed E-state index contributed by atoms with van der Waals surface area (Å²) in [5.41, 5.74) is 7.92. The Kier molecular flexibility index (Phi) is 13.0. The van der Waals surface area contributed by atoms with Crippen molar-refractivity contribution in [2.75, 3.05) is 45.8 Å². The second-order valence-corrected chi connectivity index (χ2v) is 7.31. The monoisotopic (exact) mass is 542 g/mol. The van der Waals surface area contributed by atoms with Crippen LogP contribution in [-0.2, 0) is 11.3 Å². The first-order chi connectivity index (χ1) is 14.5. The fourth-order valence-corrected chi connectivity index (χ4v) is 2.66. The number of nitrogens with zero attached hydrogens (tertiary/aromatic N) is 2. The zero-order valence-electron chi connectivity index (χ0n) is 18.8. The number of hydrogen-bond acceptors (Lipinski definition) is 5. The molecule has 0 radical (unpaired) electrons. The number of nitrogens with one attached hydrogen (secondary N) is 1. The zero-order chi connectivity index (χ0) is 21.8. The topological polar surface area (TPSA) is 81.3 Å². The van der Waals surface area contributed by atoms with Crippen LogP contribution in [0.4, 0.5) is 5.69 Å². The van der Waals surface area contributed by atoms with Gasteiger partial charge in [-0.3, -0.25) is 0 Å². The number of methoxy groups -OCH3 is 1. The Morgan fingerprint density at radius 2 is 1.77 bits per heavy atom. The molecule has 8 heteroatoms. The molecule has 2 aromatic carbocycles. The molecule has 31 heavy (non-hydrogen) atoms. The predicted octanol–water partition coefficient (Wildman–Crippen LogP) is 3.98. The summed E-state index contributed by atoms with van der Waals surface area (Å²) >= 11 is 0. The van der Waals surface area contributed by atoms with Gasteiger partial charge >= 0.3 is 0 Å². The number of hydrogen-bond donors (Lipinski definition) is 2. The quantitative estimate of drug-likeness (QED) is 0.240. The average molecular weight is 542 g/mol. The molecule has 0 heterocycles. The Balaban J connectivity index is 0.00000480. The van der Waals surface area contributed by atoms with E-state index < -0.39 is 0 Å². The maximum atomic E-state index is 6.02. The fraction of sp³-hybridized carbons (Fsp3) is 0.435. The number of halogens is 1. The van der Waals surface area contributed by atoms with E-state index in [1.807, 2.05) is 69.4 Å². The van der Waals surface area contributed by atoms with Crippen LogP contribution in [0.3, 0.4) is 0 Å². The van der Waals surface area contributed by atoms with Crippen molar-refractivity contribution in [3.05, 3.63) is 54.1 Å². The van der Waals surface area contributed by atoms with E-state index in [1.54, 1.807) is 7.11 Å². The molecule has 0 saturated carbocycles. The van der Waals surface area contributed by atoms with Crippen LogP contribution in [0.15, 0.2) is 53.5 Å². The van der Waals surface area contributed by atoms with Gasteiger partial charge in [0.1, 0.15) is 18.1 Å². The minimum Gasteiger partial charge on any atom is -0.492 e. The maximum Gasteiger partial charge on any atom is 0.193 e. The van der Waals surface area contributed by atoms with Crippen LogP contribution in [0.5, 0.6) is 11.5 Å². The molecule has 2 rings (SSSR count). The first kappa shape index (κ1) is 27.0. The van der Waals surface area contributed by atoms with Gasteiger partial charge in [-0.2, -0.15) is 0 Å². The minimum atomic E-state index is 0. The molecule has 0 aromatic heterocycles. The summed E-state index contributed by atoms with van der Waals surface area (Å²) < 4.78 is 16.6. The molecule has 2 aromatic rings. The van der Waals surface area contributed by atoms with E-state index in [0.29, 0.717) is 19.1 Å². The summed E-state index contributed by atoms with van der Waals surface area (Å²) in [6.07, 6.45) is 0.145. The molecule has 0 spiro atoms. The molecule has 0 atom stereocenters. The van der Waals surface area contributed by atoms with Crippen LogP contribution in [0.25, 0.3) is 0 Å². The number of guanidine groups is 1. The lowest BCUT2D eigenvalue weighted by atomic mass is 10.2. The number of anilines is 1. The smallest absolute Gasteiger partial charge is 0.193 e. The fourth-order valence-electron chi connectivity index (χ4n) is 2.66. The third kappa shape index (κ3) is 11.2. The predicted molar refractivity (Wildman–Crippen MR) is 138 cm³/mol. The molecule has 0 aliphatic rings. The van der Waals surface area contributed by atoms with Gasteiger partial charge in [-0.25, -0.2) is 4.99 Å². The molecule has 0 aliphatic heterocycles. The highest BCUT2D eigenvalue weighted by atomic mass is 127. The normalized spacial score (nSPS) is 11.4. The largest absolute Gasteiger partial charge is 0.492 e. The van der Waals surface area contributed by atoms with Crippen molar-refractivity contribution >= 4 is 35.6 Å². The highest BCUT2D eigenvalue weighted by molar-refractivity contribution is 14.0. The van der Waals surface area contributed by atoms with E-state index in [0.717, 1.165) is 42.4 Å². The number of rotatable bonds is 12. The Morgan fingerprint density at radius 1 is 1.06 bits per heavy atom. The van der Waals surface area contributed by atoms with Crippen LogP contribution >= 0.6 is 24.0 Å². The first-order valence-electron chi connectivity index (χ1n) is 10.2. The van der Waals surface area contributed by atoms with Crippen molar-refractivity contribution in [2.24, 2.45) is 10.7 Å². The maximum absolute atomic E-state index is 6.02. The number of ether oxygens (including phenoxy) is 3. The Labute approximate surface area is 203 Å². The van der Waals surface area contributed by atoms with Gasteiger partial charge in [0.2, 0.25) is 0 Å². The van der Waals surface area contributed by atoms with Gasteiger partial charge in [-0.05, 0) is 62.9 Å². The Morgan fingerprint density at radius 3 is 2.45 bits per heavy atom. The molecule has 0 aliphatic carbocycles. The summed E-state index contributed by atoms with van der Waals surface area (Å²) in [4.78, 5) is 6.59. The second-order valence-electron chi connectivity index (χ2n) is 7.31. The number of likely N-dealkylation sites (N-methyl/N-ethyl adjacent to an activating group) is 1. The van der Waals surface area contributed by atoms with Gasteiger partial charge < -0.3 is 30.2 Å². The zero-order valence-corrected chi connectivity index (χ0v) is 21.2. The summed E-state index contributed by atoms with van der Waals surface area (Å²) in [5.74, 6) is 2.02. The average Bonchev–Trinajstić information content (AvgIpc) is 2.72. The van der Waals surface area contributed by atoms with Crippen molar-refractivity contribution in [3.63, 3.8) is 0 Å². The molecule has 0 saturated heterocycles. The van der Waals surface area contributed by atoms with E-state index >= 15 is 0 Å². The first-order valence-corrected chi connectivity index (χ1v) is 10.2. The molecular weight excluding hydrogens is 507 g/mol. The Bertz CT molecular complexity index is 785. The molecule has 0 unspecified atom stereocenters. The minimum absolute atomic E-state index is 0. The summed E-state index contributed by atoms with van der Waals surface area (Å²) in [6, 6.07) is 15.6. The molecule has 0 bridgehead atoms. The van der Waals surface area contributed by atoms with Crippen molar-refractivity contribution in [3.8, 4) is 11.5 Å². The molecule has 7 nitrogen and oxygen atoms in total. The van der Waals surface area contributed by atoms with E-state index in [9.17, 15) is 0 Å². The van der Waals surface area contributed by atoms with Gasteiger partial charge in [0, 0.05) is 25.9 Å². The lowest BCUT2D eigenvalue weighted by Gasteiger charge is -2.16. The molecule has 0 fully saturated rings. The SMILES string of the molecule is COCCN(C)CCOc1cccc(CN=C(N)Nc2ccc(OC(C)C)cc2)c1.I. The Hall–Kier alpha value is -2.04. The number of nitrogens with two attached hydrogens (primary N) is 1. The van der Waals surface area contributed by atoms with Crippen LogP contribution in [0.2, 0.25) is 0 Å². The molecule has 0 amide bonds. The standard InChI is InChI=1S/C23H34N4O3.HI/c1-18(2)30-21-10-8-20(9-11-21)26-23(24)25-17-19-6-5-7-22(16-19)29-15-13-27(3)12-14-28-4;/h5-11,16,18H,12-15,17H2,1-4H3,(H3,24,25,26);1H.